The third kappa shape index (κ3) is 3.25. The molecule has 1 aliphatic carbocycles. The van der Waals surface area contributed by atoms with Crippen LogP contribution >= 0.6 is 0 Å². The maximum absolute atomic E-state index is 5.77. The first-order chi connectivity index (χ1) is 8.64. The minimum absolute atomic E-state index is 0.310. The van der Waals surface area contributed by atoms with Gasteiger partial charge in [0, 0.05) is 18.1 Å². The van der Waals surface area contributed by atoms with Crippen molar-refractivity contribution in [2.75, 3.05) is 26.2 Å². The fourth-order valence-electron chi connectivity index (χ4n) is 3.35. The smallest absolute Gasteiger partial charge is 0.0655 e. The van der Waals surface area contributed by atoms with Crippen molar-refractivity contribution in [3.05, 3.63) is 0 Å². The molecule has 1 aliphatic heterocycles. The summed E-state index contributed by atoms with van der Waals surface area (Å²) in [6, 6.07) is 0.649. The van der Waals surface area contributed by atoms with E-state index in [0.717, 1.165) is 12.5 Å². The van der Waals surface area contributed by atoms with Gasteiger partial charge in [0.15, 0.2) is 0 Å². The summed E-state index contributed by atoms with van der Waals surface area (Å²) in [5, 5.41) is 7.18. The second-order valence-electron chi connectivity index (χ2n) is 6.49. The van der Waals surface area contributed by atoms with Gasteiger partial charge in [0.25, 0.3) is 0 Å². The lowest BCUT2D eigenvalue weighted by atomic mass is 9.64. The third-order valence-corrected chi connectivity index (χ3v) is 4.95. The van der Waals surface area contributed by atoms with Crippen molar-refractivity contribution in [2.45, 2.75) is 58.6 Å². The second kappa shape index (κ2) is 6.36. The summed E-state index contributed by atoms with van der Waals surface area (Å²) in [7, 11) is 0. The molecule has 2 rings (SSSR count). The van der Waals surface area contributed by atoms with E-state index in [4.69, 9.17) is 4.74 Å². The Bertz CT molecular complexity index is 249. The summed E-state index contributed by atoms with van der Waals surface area (Å²) in [5.74, 6) is 0.935. The molecule has 0 radical (unpaired) electrons. The molecule has 1 saturated heterocycles. The van der Waals surface area contributed by atoms with Gasteiger partial charge in [-0.05, 0) is 58.2 Å². The normalized spacial score (nSPS) is 32.2. The maximum atomic E-state index is 5.77. The van der Waals surface area contributed by atoms with Crippen LogP contribution < -0.4 is 10.6 Å². The van der Waals surface area contributed by atoms with Crippen LogP contribution in [-0.4, -0.2) is 38.4 Å². The van der Waals surface area contributed by atoms with Gasteiger partial charge in [-0.3, -0.25) is 0 Å². The first-order valence-corrected chi connectivity index (χ1v) is 7.70. The van der Waals surface area contributed by atoms with Crippen LogP contribution in [0.4, 0.5) is 0 Å². The Hall–Kier alpha value is -0.120. The Morgan fingerprint density at radius 3 is 2.61 bits per heavy atom. The van der Waals surface area contributed by atoms with E-state index in [1.165, 1.54) is 45.3 Å². The van der Waals surface area contributed by atoms with Gasteiger partial charge in [-0.25, -0.2) is 0 Å². The van der Waals surface area contributed by atoms with Crippen molar-refractivity contribution < 1.29 is 4.74 Å². The minimum atomic E-state index is 0.310. The highest BCUT2D eigenvalue weighted by molar-refractivity contribution is 5.02. The van der Waals surface area contributed by atoms with Gasteiger partial charge < -0.3 is 15.4 Å². The summed E-state index contributed by atoms with van der Waals surface area (Å²) in [6.45, 7) is 11.2. The number of hydrogen-bond donors (Lipinski definition) is 2. The molecule has 2 N–H and O–H groups in total. The molecule has 0 aromatic rings. The highest BCUT2D eigenvalue weighted by Crippen LogP contribution is 2.42. The van der Waals surface area contributed by atoms with Crippen LogP contribution in [0, 0.1) is 11.3 Å². The van der Waals surface area contributed by atoms with Crippen LogP contribution in [0.25, 0.3) is 0 Å². The molecule has 2 aliphatic rings. The monoisotopic (exact) mass is 254 g/mol. The number of hydrogen-bond acceptors (Lipinski definition) is 3. The summed E-state index contributed by atoms with van der Waals surface area (Å²) >= 11 is 0. The molecule has 0 aromatic heterocycles. The Morgan fingerprint density at radius 2 is 2.00 bits per heavy atom. The van der Waals surface area contributed by atoms with E-state index in [1.807, 2.05) is 0 Å². The minimum Gasteiger partial charge on any atom is -0.378 e. The zero-order valence-corrected chi connectivity index (χ0v) is 12.3. The van der Waals surface area contributed by atoms with Crippen LogP contribution in [-0.2, 0) is 4.74 Å². The molecule has 0 amide bonds. The summed E-state index contributed by atoms with van der Waals surface area (Å²) in [5.41, 5.74) is 0.310. The zero-order chi connectivity index (χ0) is 13.0. The van der Waals surface area contributed by atoms with Gasteiger partial charge >= 0.3 is 0 Å². The van der Waals surface area contributed by atoms with E-state index >= 15 is 0 Å². The van der Waals surface area contributed by atoms with Crippen molar-refractivity contribution >= 4 is 0 Å². The van der Waals surface area contributed by atoms with Crippen molar-refractivity contribution in [3.63, 3.8) is 0 Å². The van der Waals surface area contributed by atoms with E-state index in [2.05, 4.69) is 31.4 Å². The molecule has 0 bridgehead atoms. The number of nitrogens with one attached hydrogen (secondary N) is 2. The molecule has 1 saturated carbocycles. The van der Waals surface area contributed by atoms with Crippen molar-refractivity contribution in [3.8, 4) is 0 Å². The van der Waals surface area contributed by atoms with Crippen LogP contribution in [0.15, 0.2) is 0 Å². The predicted octanol–water partition coefficient (Wildman–Crippen LogP) is 2.17. The van der Waals surface area contributed by atoms with Crippen molar-refractivity contribution in [1.82, 2.24) is 10.6 Å². The Morgan fingerprint density at radius 1 is 1.28 bits per heavy atom. The van der Waals surface area contributed by atoms with Crippen LogP contribution in [0.2, 0.25) is 0 Å². The highest BCUT2D eigenvalue weighted by Gasteiger charge is 2.48. The van der Waals surface area contributed by atoms with E-state index in [-0.39, 0.29) is 0 Å². The first-order valence-electron chi connectivity index (χ1n) is 7.70. The summed E-state index contributed by atoms with van der Waals surface area (Å²) in [4.78, 5) is 0. The van der Waals surface area contributed by atoms with Crippen molar-refractivity contribution in [1.29, 1.82) is 0 Å². The van der Waals surface area contributed by atoms with Crippen LogP contribution in [0.5, 0.6) is 0 Å². The largest absolute Gasteiger partial charge is 0.378 e. The molecule has 0 spiro atoms. The molecule has 18 heavy (non-hydrogen) atoms. The molecule has 3 heteroatoms. The standard InChI is InChI=1S/C15H30N2O/c1-4-18-14-11-13(15(14,2)3)17-10-7-12-5-8-16-9-6-12/h12-14,16-17H,4-11H2,1-3H3. The third-order valence-electron chi connectivity index (χ3n) is 4.95. The van der Waals surface area contributed by atoms with Gasteiger partial charge in [-0.2, -0.15) is 0 Å². The Balaban J connectivity index is 1.62. The van der Waals surface area contributed by atoms with E-state index < -0.39 is 0 Å². The molecule has 0 aromatic carbocycles. The molecule has 2 atom stereocenters. The quantitative estimate of drug-likeness (QED) is 0.762. The SMILES string of the molecule is CCOC1CC(NCCC2CCNCC2)C1(C)C. The average Bonchev–Trinajstić information content (AvgIpc) is 2.38. The van der Waals surface area contributed by atoms with Gasteiger partial charge in [0.1, 0.15) is 0 Å². The maximum Gasteiger partial charge on any atom is 0.0655 e. The van der Waals surface area contributed by atoms with Crippen LogP contribution in [0.1, 0.15) is 46.5 Å². The predicted molar refractivity (Wildman–Crippen MR) is 75.8 cm³/mol. The molecule has 2 unspecified atom stereocenters. The molecular formula is C15H30N2O. The molecule has 2 fully saturated rings. The first kappa shape index (κ1) is 14.3. The fourth-order valence-corrected chi connectivity index (χ4v) is 3.35. The molecule has 1 heterocycles. The van der Waals surface area contributed by atoms with Gasteiger partial charge in [0.05, 0.1) is 6.10 Å². The average molecular weight is 254 g/mol. The van der Waals surface area contributed by atoms with Gasteiger partial charge in [-0.1, -0.05) is 13.8 Å². The lowest BCUT2D eigenvalue weighted by Crippen LogP contribution is -2.61. The van der Waals surface area contributed by atoms with Crippen LogP contribution in [0.3, 0.4) is 0 Å². The number of rotatable bonds is 6. The lowest BCUT2D eigenvalue weighted by molar-refractivity contribution is -0.114. The fraction of sp³-hybridized carbons (Fsp3) is 1.00. The summed E-state index contributed by atoms with van der Waals surface area (Å²) < 4.78 is 5.77. The zero-order valence-electron chi connectivity index (χ0n) is 12.3. The lowest BCUT2D eigenvalue weighted by Gasteiger charge is -2.52. The summed E-state index contributed by atoms with van der Waals surface area (Å²) in [6.07, 6.45) is 5.70. The van der Waals surface area contributed by atoms with Gasteiger partial charge in [-0.15, -0.1) is 0 Å². The Kier molecular flexibility index (Phi) is 5.05. The van der Waals surface area contributed by atoms with E-state index in [9.17, 15) is 0 Å². The molecular weight excluding hydrogens is 224 g/mol. The van der Waals surface area contributed by atoms with Crippen molar-refractivity contribution in [2.24, 2.45) is 11.3 Å². The molecule has 106 valence electrons. The highest BCUT2D eigenvalue weighted by atomic mass is 16.5. The number of piperidine rings is 1. The topological polar surface area (TPSA) is 33.3 Å². The Labute approximate surface area is 112 Å². The second-order valence-corrected chi connectivity index (χ2v) is 6.49. The van der Waals surface area contributed by atoms with Gasteiger partial charge in [0.2, 0.25) is 0 Å². The molecule has 3 nitrogen and oxygen atoms in total. The van der Waals surface area contributed by atoms with E-state index in [0.29, 0.717) is 17.6 Å². The number of ether oxygens (including phenoxy) is 1. The van der Waals surface area contributed by atoms with E-state index in [1.54, 1.807) is 0 Å².